The minimum Gasteiger partial charge on any atom is -0.495 e. The first-order valence-corrected chi connectivity index (χ1v) is 3.76. The van der Waals surface area contributed by atoms with Gasteiger partial charge in [-0.3, -0.25) is 0 Å². The van der Waals surface area contributed by atoms with Crippen molar-refractivity contribution in [3.8, 4) is 5.75 Å². The molecule has 0 radical (unpaired) electrons. The van der Waals surface area contributed by atoms with Crippen LogP contribution in [0.5, 0.6) is 5.75 Å². The Kier molecular flexibility index (Phi) is 2.43. The maximum absolute atomic E-state index is 5.78. The number of nitrogens with two attached hydrogens (primary N) is 1. The normalized spacial score (nSPS) is 9.58. The summed E-state index contributed by atoms with van der Waals surface area (Å²) in [7, 11) is 5.52. The van der Waals surface area contributed by atoms with Crippen LogP contribution < -0.4 is 15.4 Å². The third-order valence-corrected chi connectivity index (χ3v) is 1.70. The van der Waals surface area contributed by atoms with Gasteiger partial charge in [-0.15, -0.1) is 0 Å². The molecule has 1 aromatic rings. The molecule has 0 heterocycles. The summed E-state index contributed by atoms with van der Waals surface area (Å²) in [5.41, 5.74) is 7.44. The Morgan fingerprint density at radius 2 is 2.00 bits per heavy atom. The molecular weight excluding hydrogens is 152 g/mol. The number of benzene rings is 1. The highest BCUT2D eigenvalue weighted by atomic mass is 16.5. The maximum Gasteiger partial charge on any atom is 0.144 e. The largest absolute Gasteiger partial charge is 0.495 e. The van der Waals surface area contributed by atoms with E-state index in [9.17, 15) is 0 Å². The fourth-order valence-electron chi connectivity index (χ4n) is 1.18. The Balaban J connectivity index is 3.20. The van der Waals surface area contributed by atoms with Crippen LogP contribution in [0.15, 0.2) is 18.2 Å². The summed E-state index contributed by atoms with van der Waals surface area (Å²) in [5, 5.41) is 0. The van der Waals surface area contributed by atoms with Crippen molar-refractivity contribution < 1.29 is 4.74 Å². The number of rotatable bonds is 2. The molecule has 0 spiro atoms. The zero-order valence-corrected chi connectivity index (χ0v) is 7.66. The van der Waals surface area contributed by atoms with Crippen molar-refractivity contribution in [3.63, 3.8) is 0 Å². The number of para-hydroxylation sites is 1. The second-order valence-electron chi connectivity index (χ2n) is 2.79. The standard InChI is InChI=1S/C9H14N2O/c1-11(2)9-7(10)5-4-6-8(9)12-3/h4-6H,10H2,1-3H3. The quantitative estimate of drug-likeness (QED) is 0.674. The molecule has 0 bridgehead atoms. The average molecular weight is 166 g/mol. The third-order valence-electron chi connectivity index (χ3n) is 1.70. The molecule has 0 amide bonds. The van der Waals surface area contributed by atoms with E-state index in [1.807, 2.05) is 37.2 Å². The molecule has 0 fully saturated rings. The number of methoxy groups -OCH3 is 1. The molecule has 0 aliphatic heterocycles. The first-order chi connectivity index (χ1) is 5.66. The van der Waals surface area contributed by atoms with E-state index in [-0.39, 0.29) is 0 Å². The third kappa shape index (κ3) is 1.44. The fourth-order valence-corrected chi connectivity index (χ4v) is 1.18. The Morgan fingerprint density at radius 1 is 1.33 bits per heavy atom. The maximum atomic E-state index is 5.78. The van der Waals surface area contributed by atoms with Crippen LogP contribution >= 0.6 is 0 Å². The van der Waals surface area contributed by atoms with Crippen molar-refractivity contribution in [1.82, 2.24) is 0 Å². The number of hydrogen-bond donors (Lipinski definition) is 1. The summed E-state index contributed by atoms with van der Waals surface area (Å²) in [6.07, 6.45) is 0. The summed E-state index contributed by atoms with van der Waals surface area (Å²) < 4.78 is 5.17. The van der Waals surface area contributed by atoms with E-state index < -0.39 is 0 Å². The highest BCUT2D eigenvalue weighted by Gasteiger charge is 2.07. The van der Waals surface area contributed by atoms with E-state index in [0.29, 0.717) is 0 Å². The van der Waals surface area contributed by atoms with Gasteiger partial charge in [0.25, 0.3) is 0 Å². The van der Waals surface area contributed by atoms with Gasteiger partial charge in [0.05, 0.1) is 12.8 Å². The van der Waals surface area contributed by atoms with Crippen LogP contribution in [0.25, 0.3) is 0 Å². The van der Waals surface area contributed by atoms with Crippen molar-refractivity contribution >= 4 is 11.4 Å². The van der Waals surface area contributed by atoms with Gasteiger partial charge in [-0.05, 0) is 12.1 Å². The molecule has 0 saturated carbocycles. The first-order valence-electron chi connectivity index (χ1n) is 3.76. The van der Waals surface area contributed by atoms with E-state index in [2.05, 4.69) is 0 Å². The summed E-state index contributed by atoms with van der Waals surface area (Å²) in [4.78, 5) is 1.94. The van der Waals surface area contributed by atoms with Crippen LogP contribution in [0.2, 0.25) is 0 Å². The van der Waals surface area contributed by atoms with Gasteiger partial charge in [0.2, 0.25) is 0 Å². The molecule has 1 aromatic carbocycles. The number of hydrogen-bond acceptors (Lipinski definition) is 3. The van der Waals surface area contributed by atoms with E-state index in [1.54, 1.807) is 7.11 Å². The number of nitrogens with zero attached hydrogens (tertiary/aromatic N) is 1. The van der Waals surface area contributed by atoms with Crippen molar-refractivity contribution in [2.75, 3.05) is 31.8 Å². The van der Waals surface area contributed by atoms with E-state index in [0.717, 1.165) is 17.1 Å². The molecule has 0 aliphatic rings. The molecule has 0 saturated heterocycles. The lowest BCUT2D eigenvalue weighted by Gasteiger charge is -2.18. The van der Waals surface area contributed by atoms with Gasteiger partial charge in [-0.2, -0.15) is 0 Å². The molecule has 1 rings (SSSR count). The molecule has 66 valence electrons. The number of ether oxygens (including phenoxy) is 1. The summed E-state index contributed by atoms with van der Waals surface area (Å²) in [5.74, 6) is 0.806. The zero-order valence-electron chi connectivity index (χ0n) is 7.66. The minimum atomic E-state index is 0.736. The summed E-state index contributed by atoms with van der Waals surface area (Å²) in [6.45, 7) is 0. The summed E-state index contributed by atoms with van der Waals surface area (Å²) in [6, 6.07) is 5.63. The van der Waals surface area contributed by atoms with Crippen molar-refractivity contribution in [1.29, 1.82) is 0 Å². The monoisotopic (exact) mass is 166 g/mol. The van der Waals surface area contributed by atoms with Gasteiger partial charge in [-0.1, -0.05) is 6.07 Å². The van der Waals surface area contributed by atoms with Crippen LogP contribution in [0.1, 0.15) is 0 Å². The Bertz CT molecular complexity index is 271. The van der Waals surface area contributed by atoms with E-state index in [4.69, 9.17) is 10.5 Å². The molecule has 0 atom stereocenters. The lowest BCUT2D eigenvalue weighted by Crippen LogP contribution is -2.12. The Labute approximate surface area is 72.7 Å². The predicted octanol–water partition coefficient (Wildman–Crippen LogP) is 1.34. The van der Waals surface area contributed by atoms with Crippen molar-refractivity contribution in [2.45, 2.75) is 0 Å². The van der Waals surface area contributed by atoms with Gasteiger partial charge in [-0.25, -0.2) is 0 Å². The van der Waals surface area contributed by atoms with Crippen molar-refractivity contribution in [2.24, 2.45) is 0 Å². The van der Waals surface area contributed by atoms with E-state index in [1.165, 1.54) is 0 Å². The van der Waals surface area contributed by atoms with Crippen LogP contribution in [0.4, 0.5) is 11.4 Å². The van der Waals surface area contributed by atoms with Crippen LogP contribution in [-0.4, -0.2) is 21.2 Å². The topological polar surface area (TPSA) is 38.5 Å². The highest BCUT2D eigenvalue weighted by Crippen LogP contribution is 2.32. The van der Waals surface area contributed by atoms with Crippen molar-refractivity contribution in [3.05, 3.63) is 18.2 Å². The molecule has 12 heavy (non-hydrogen) atoms. The fraction of sp³-hybridized carbons (Fsp3) is 0.333. The zero-order chi connectivity index (χ0) is 9.14. The SMILES string of the molecule is COc1cccc(N)c1N(C)C. The lowest BCUT2D eigenvalue weighted by atomic mass is 10.2. The van der Waals surface area contributed by atoms with Crippen LogP contribution in [0.3, 0.4) is 0 Å². The van der Waals surface area contributed by atoms with Crippen LogP contribution in [-0.2, 0) is 0 Å². The Morgan fingerprint density at radius 3 is 2.42 bits per heavy atom. The van der Waals surface area contributed by atoms with Crippen LogP contribution in [0, 0.1) is 0 Å². The summed E-state index contributed by atoms with van der Waals surface area (Å²) >= 11 is 0. The van der Waals surface area contributed by atoms with Gasteiger partial charge < -0.3 is 15.4 Å². The van der Waals surface area contributed by atoms with E-state index >= 15 is 0 Å². The second-order valence-corrected chi connectivity index (χ2v) is 2.79. The molecule has 0 unspecified atom stereocenters. The predicted molar refractivity (Wildman–Crippen MR) is 51.7 cm³/mol. The van der Waals surface area contributed by atoms with Gasteiger partial charge >= 0.3 is 0 Å². The molecule has 2 N–H and O–H groups in total. The van der Waals surface area contributed by atoms with Gasteiger partial charge in [0.15, 0.2) is 0 Å². The number of anilines is 2. The van der Waals surface area contributed by atoms with Gasteiger partial charge in [0.1, 0.15) is 11.4 Å². The molecule has 0 aliphatic carbocycles. The molecule has 3 nitrogen and oxygen atoms in total. The molecular formula is C9H14N2O. The van der Waals surface area contributed by atoms with Gasteiger partial charge in [0, 0.05) is 14.1 Å². The molecule has 3 heteroatoms. The average Bonchev–Trinajstić information content (AvgIpc) is 2.03. The highest BCUT2D eigenvalue weighted by molar-refractivity contribution is 5.74. The number of nitrogen functional groups attached to an aromatic ring is 1. The lowest BCUT2D eigenvalue weighted by molar-refractivity contribution is 0.415. The minimum absolute atomic E-state index is 0.736. The second kappa shape index (κ2) is 3.34. The Hall–Kier alpha value is -1.38. The smallest absolute Gasteiger partial charge is 0.144 e. The molecule has 0 aromatic heterocycles. The first kappa shape index (κ1) is 8.71.